The predicted molar refractivity (Wildman–Crippen MR) is 74.2 cm³/mol. The third-order valence-corrected chi connectivity index (χ3v) is 3.05. The number of aromatic nitrogens is 1. The van der Waals surface area contributed by atoms with E-state index in [4.69, 9.17) is 10.00 Å². The summed E-state index contributed by atoms with van der Waals surface area (Å²) in [5.41, 5.74) is 1.31. The Hall–Kier alpha value is -2.55. The van der Waals surface area contributed by atoms with Gasteiger partial charge in [-0.1, -0.05) is 12.1 Å². The molecule has 0 saturated carbocycles. The van der Waals surface area contributed by atoms with Crippen LogP contribution in [0.1, 0.15) is 27.9 Å². The van der Waals surface area contributed by atoms with Gasteiger partial charge in [0, 0.05) is 5.69 Å². The Morgan fingerprint density at radius 1 is 1.23 bits per heavy atom. The highest BCUT2D eigenvalue weighted by molar-refractivity contribution is 5.45. The number of halogens is 3. The third-order valence-electron chi connectivity index (χ3n) is 3.05. The molecule has 0 unspecified atom stereocenters. The molecular formula is C16H13F3N2O. The minimum Gasteiger partial charge on any atom is -0.472 e. The zero-order valence-electron chi connectivity index (χ0n) is 12.0. The molecule has 0 aliphatic rings. The maximum atomic E-state index is 12.7. The Kier molecular flexibility index (Phi) is 4.36. The van der Waals surface area contributed by atoms with Crippen molar-refractivity contribution in [2.75, 3.05) is 0 Å². The summed E-state index contributed by atoms with van der Waals surface area (Å²) in [6, 6.07) is 8.62. The van der Waals surface area contributed by atoms with E-state index in [0.717, 1.165) is 12.1 Å². The smallest absolute Gasteiger partial charge is 0.416 e. The fourth-order valence-corrected chi connectivity index (χ4v) is 2.03. The highest BCUT2D eigenvalue weighted by Gasteiger charge is 2.30. The molecule has 1 aromatic heterocycles. The summed E-state index contributed by atoms with van der Waals surface area (Å²) in [7, 11) is 0. The highest BCUT2D eigenvalue weighted by atomic mass is 19.4. The molecule has 0 spiro atoms. The van der Waals surface area contributed by atoms with Crippen molar-refractivity contribution in [1.29, 1.82) is 5.26 Å². The molecule has 0 radical (unpaired) electrons. The summed E-state index contributed by atoms with van der Waals surface area (Å²) in [6.45, 7) is 3.42. The first kappa shape index (κ1) is 15.8. The molecule has 2 aromatic rings. The Labute approximate surface area is 126 Å². The lowest BCUT2D eigenvalue weighted by Crippen LogP contribution is -2.07. The number of aryl methyl sites for hydroxylation is 2. The molecule has 0 saturated heterocycles. The number of alkyl halides is 3. The van der Waals surface area contributed by atoms with Crippen LogP contribution in [-0.2, 0) is 12.8 Å². The van der Waals surface area contributed by atoms with Gasteiger partial charge in [0.15, 0.2) is 0 Å². The van der Waals surface area contributed by atoms with Crippen LogP contribution in [0.25, 0.3) is 0 Å². The highest BCUT2D eigenvalue weighted by Crippen LogP contribution is 2.30. The SMILES string of the molecule is Cc1cc(C)c(C#N)c(OCc2cccc(C(F)(F)F)c2)n1. The first-order valence-corrected chi connectivity index (χ1v) is 6.48. The molecule has 1 heterocycles. The van der Waals surface area contributed by atoms with E-state index in [0.29, 0.717) is 16.8 Å². The van der Waals surface area contributed by atoms with Crippen molar-refractivity contribution in [2.24, 2.45) is 0 Å². The van der Waals surface area contributed by atoms with Crippen molar-refractivity contribution in [3.63, 3.8) is 0 Å². The van der Waals surface area contributed by atoms with Gasteiger partial charge in [0.1, 0.15) is 18.2 Å². The fourth-order valence-electron chi connectivity index (χ4n) is 2.03. The number of benzene rings is 1. The second-order valence-corrected chi connectivity index (χ2v) is 4.86. The lowest BCUT2D eigenvalue weighted by Gasteiger charge is -2.11. The molecule has 2 rings (SSSR count). The van der Waals surface area contributed by atoms with E-state index >= 15 is 0 Å². The van der Waals surface area contributed by atoms with Gasteiger partial charge < -0.3 is 4.74 Å². The van der Waals surface area contributed by atoms with Gasteiger partial charge in [-0.15, -0.1) is 0 Å². The van der Waals surface area contributed by atoms with Gasteiger partial charge >= 0.3 is 6.18 Å². The summed E-state index contributed by atoms with van der Waals surface area (Å²) < 4.78 is 43.4. The molecule has 0 aliphatic carbocycles. The molecule has 0 bridgehead atoms. The van der Waals surface area contributed by atoms with E-state index in [1.54, 1.807) is 19.9 Å². The minimum absolute atomic E-state index is 0.0888. The molecule has 0 amide bonds. The van der Waals surface area contributed by atoms with Crippen LogP contribution in [0, 0.1) is 25.2 Å². The summed E-state index contributed by atoms with van der Waals surface area (Å²) in [5.74, 6) is 0.136. The molecule has 1 aromatic carbocycles. The maximum absolute atomic E-state index is 12.7. The van der Waals surface area contributed by atoms with Crippen LogP contribution in [-0.4, -0.2) is 4.98 Å². The van der Waals surface area contributed by atoms with Crippen LogP contribution in [0.4, 0.5) is 13.2 Å². The first-order valence-electron chi connectivity index (χ1n) is 6.48. The largest absolute Gasteiger partial charge is 0.472 e. The van der Waals surface area contributed by atoms with Crippen LogP contribution < -0.4 is 4.74 Å². The second kappa shape index (κ2) is 6.06. The molecule has 0 fully saturated rings. The summed E-state index contributed by atoms with van der Waals surface area (Å²) in [6.07, 6.45) is -4.40. The second-order valence-electron chi connectivity index (χ2n) is 4.86. The molecule has 0 atom stereocenters. The van der Waals surface area contributed by atoms with Gasteiger partial charge in [0.2, 0.25) is 5.88 Å². The number of hydrogen-bond donors (Lipinski definition) is 0. The molecule has 0 aliphatic heterocycles. The normalized spacial score (nSPS) is 11.1. The zero-order chi connectivity index (χ0) is 16.3. The molecule has 114 valence electrons. The molecular weight excluding hydrogens is 293 g/mol. The van der Waals surface area contributed by atoms with Crippen LogP contribution >= 0.6 is 0 Å². The van der Waals surface area contributed by atoms with Gasteiger partial charge in [-0.05, 0) is 43.2 Å². The van der Waals surface area contributed by atoms with Crippen molar-refractivity contribution in [3.8, 4) is 11.9 Å². The van der Waals surface area contributed by atoms with Crippen molar-refractivity contribution < 1.29 is 17.9 Å². The lowest BCUT2D eigenvalue weighted by atomic mass is 10.1. The van der Waals surface area contributed by atoms with Gasteiger partial charge in [0.25, 0.3) is 0 Å². The van der Waals surface area contributed by atoms with Crippen LogP contribution in [0.3, 0.4) is 0 Å². The maximum Gasteiger partial charge on any atom is 0.416 e. The average molecular weight is 306 g/mol. The third kappa shape index (κ3) is 3.55. The van der Waals surface area contributed by atoms with E-state index in [9.17, 15) is 13.2 Å². The summed E-state index contributed by atoms with van der Waals surface area (Å²) in [4.78, 5) is 4.12. The summed E-state index contributed by atoms with van der Waals surface area (Å²) >= 11 is 0. The monoisotopic (exact) mass is 306 g/mol. The number of ether oxygens (including phenoxy) is 1. The quantitative estimate of drug-likeness (QED) is 0.855. The van der Waals surface area contributed by atoms with Gasteiger partial charge in [-0.3, -0.25) is 0 Å². The van der Waals surface area contributed by atoms with E-state index in [1.165, 1.54) is 12.1 Å². The average Bonchev–Trinajstić information content (AvgIpc) is 2.44. The Morgan fingerprint density at radius 3 is 2.59 bits per heavy atom. The lowest BCUT2D eigenvalue weighted by molar-refractivity contribution is -0.137. The Balaban J connectivity index is 2.23. The molecule has 6 heteroatoms. The molecule has 0 N–H and O–H groups in total. The van der Waals surface area contributed by atoms with Crippen LogP contribution in [0.2, 0.25) is 0 Å². The number of hydrogen-bond acceptors (Lipinski definition) is 3. The Morgan fingerprint density at radius 2 is 1.95 bits per heavy atom. The first-order chi connectivity index (χ1) is 10.3. The topological polar surface area (TPSA) is 45.9 Å². The molecule has 3 nitrogen and oxygen atoms in total. The van der Waals surface area contributed by atoms with Gasteiger partial charge in [-0.2, -0.15) is 18.4 Å². The number of nitrogens with zero attached hydrogens (tertiary/aromatic N) is 2. The van der Waals surface area contributed by atoms with Crippen molar-refractivity contribution in [3.05, 3.63) is 58.3 Å². The van der Waals surface area contributed by atoms with Crippen LogP contribution in [0.5, 0.6) is 5.88 Å². The van der Waals surface area contributed by atoms with Crippen molar-refractivity contribution >= 4 is 0 Å². The van der Waals surface area contributed by atoms with Gasteiger partial charge in [0.05, 0.1) is 5.56 Å². The van der Waals surface area contributed by atoms with E-state index < -0.39 is 11.7 Å². The summed E-state index contributed by atoms with van der Waals surface area (Å²) in [5, 5.41) is 9.12. The number of rotatable bonds is 3. The standard InChI is InChI=1S/C16H13F3N2O/c1-10-6-11(2)21-15(14(10)8-20)22-9-12-4-3-5-13(7-12)16(17,18)19/h3-7H,9H2,1-2H3. The Bertz CT molecular complexity index is 733. The van der Waals surface area contributed by atoms with Crippen molar-refractivity contribution in [1.82, 2.24) is 4.98 Å². The molecule has 22 heavy (non-hydrogen) atoms. The zero-order valence-corrected chi connectivity index (χ0v) is 12.0. The van der Waals surface area contributed by atoms with E-state index in [-0.39, 0.29) is 18.1 Å². The van der Waals surface area contributed by atoms with E-state index in [1.807, 2.05) is 6.07 Å². The van der Waals surface area contributed by atoms with Crippen LogP contribution in [0.15, 0.2) is 30.3 Å². The minimum atomic E-state index is -4.40. The van der Waals surface area contributed by atoms with E-state index in [2.05, 4.69) is 4.98 Å². The predicted octanol–water partition coefficient (Wildman–Crippen LogP) is 4.17. The van der Waals surface area contributed by atoms with Crippen molar-refractivity contribution in [2.45, 2.75) is 26.6 Å². The van der Waals surface area contributed by atoms with Gasteiger partial charge in [-0.25, -0.2) is 4.98 Å². The fraction of sp³-hybridized carbons (Fsp3) is 0.250. The number of pyridine rings is 1. The number of nitriles is 1.